The number of carbonyl (C=O) groups excluding carboxylic acids is 16. The molecule has 3 saturated heterocycles. The molecule has 3 fully saturated rings. The van der Waals surface area contributed by atoms with Gasteiger partial charge in [0.15, 0.2) is 17.5 Å². The van der Waals surface area contributed by atoms with E-state index < -0.39 is 246 Å². The molecule has 4 heterocycles. The third-order valence-electron chi connectivity index (χ3n) is 24.9. The molecule has 0 saturated carbocycles. The molecular formula is C98H123F3N18O19S. The fourth-order valence-corrected chi connectivity index (χ4v) is 18.1. The van der Waals surface area contributed by atoms with E-state index in [-0.39, 0.29) is 101 Å². The zero-order valence-corrected chi connectivity index (χ0v) is 79.1. The van der Waals surface area contributed by atoms with Crippen LogP contribution in [0.4, 0.5) is 13.2 Å². The van der Waals surface area contributed by atoms with Gasteiger partial charge in [0.25, 0.3) is 0 Å². The Bertz CT molecular complexity index is 5510. The van der Waals surface area contributed by atoms with Crippen LogP contribution in [-0.2, 0) is 115 Å². The number of hydrogen-bond acceptors (Lipinski definition) is 21. The minimum Gasteiger partial charge on any atom is -0.508 e. The van der Waals surface area contributed by atoms with Crippen molar-refractivity contribution in [2.75, 3.05) is 58.8 Å². The molecule has 0 unspecified atom stereocenters. The van der Waals surface area contributed by atoms with Gasteiger partial charge in [0.05, 0.1) is 24.8 Å². The van der Waals surface area contributed by atoms with Crippen molar-refractivity contribution in [2.45, 2.75) is 215 Å². The first-order valence-electron chi connectivity index (χ1n) is 46.3. The zero-order valence-electron chi connectivity index (χ0n) is 78.2. The number of rotatable bonds is 25. The summed E-state index contributed by atoms with van der Waals surface area (Å²) >= 11 is 0.659. The fraction of sp³-hybridized carbons (Fsp3) is 0.449. The van der Waals surface area contributed by atoms with Gasteiger partial charge < -0.3 is 110 Å². The number of phenolic OH excluding ortho intramolecular Hbond substituents is 2. The number of halogens is 3. The molecule has 10 rings (SSSR count). The molecule has 41 heteroatoms. The first-order chi connectivity index (χ1) is 66.3. The van der Waals surface area contributed by atoms with Crippen LogP contribution >= 0.6 is 11.8 Å². The van der Waals surface area contributed by atoms with E-state index in [0.717, 1.165) is 19.6 Å². The highest BCUT2D eigenvalue weighted by Crippen LogP contribution is 2.29. The third kappa shape index (κ3) is 29.8. The molecule has 0 spiro atoms. The van der Waals surface area contributed by atoms with Crippen LogP contribution in [0, 0.1) is 23.4 Å². The van der Waals surface area contributed by atoms with Crippen molar-refractivity contribution in [3.63, 3.8) is 0 Å². The van der Waals surface area contributed by atoms with E-state index >= 15 is 66.3 Å². The highest BCUT2D eigenvalue weighted by Gasteiger charge is 2.48. The SMILES string of the molecule is CCCC[C@H]1C(=O)N2C[C@H](O)C[C@@H]2C(=O)N[C@@H](CC(N)=O)C(=O)N[C@@H](C(C)C)C(=O)N(C)[C@@H](Cc2ccccc2)C(=O)N[C@@H](Cc2ccc(O)cc2)C(=O)N2CCCC[C@@H]2C(=O)N[C@@H](Cc2c[nH]c3ccccc23)C(=O)N[C@@H](Cc2ccc(O)cc2)C(=O)N[C@@H](CCCCN)C(=O)N[C@H](C(=O)NCC(N)=O)CSCC(=O)N[C@@H](Cc2cc(F)c(F)c(F)c2)C(=O)N(C)[C@@H](Cc2ccccc2)C(=O)N1C. The van der Waals surface area contributed by atoms with E-state index in [2.05, 4.69) is 52.8 Å². The Morgan fingerprint density at radius 2 is 1.01 bits per heavy atom. The Kier molecular flexibility index (Phi) is 39.2. The number of hydrogen-bond donors (Lipinski definition) is 16. The van der Waals surface area contributed by atoms with Gasteiger partial charge in [-0.1, -0.05) is 137 Å². The molecule has 0 bridgehead atoms. The molecule has 6 aromatic carbocycles. The van der Waals surface area contributed by atoms with Gasteiger partial charge in [-0.2, -0.15) is 0 Å². The second kappa shape index (κ2) is 50.9. The fourth-order valence-electron chi connectivity index (χ4n) is 17.3. The van der Waals surface area contributed by atoms with Crippen LogP contribution in [-0.4, -0.2) is 283 Å². The molecule has 0 aliphatic carbocycles. The Morgan fingerprint density at radius 1 is 0.496 bits per heavy atom. The van der Waals surface area contributed by atoms with Crippen LogP contribution in [0.25, 0.3) is 10.9 Å². The third-order valence-corrected chi connectivity index (χ3v) is 26.0. The largest absolute Gasteiger partial charge is 0.508 e. The predicted octanol–water partition coefficient (Wildman–Crippen LogP) is 1.65. The molecule has 19 N–H and O–H groups in total. The number of para-hydroxylation sites is 1. The van der Waals surface area contributed by atoms with Crippen molar-refractivity contribution in [1.29, 1.82) is 0 Å². The lowest BCUT2D eigenvalue weighted by atomic mass is 9.96. The van der Waals surface area contributed by atoms with Crippen molar-refractivity contribution in [1.82, 2.24) is 77.3 Å². The van der Waals surface area contributed by atoms with Crippen LogP contribution < -0.4 is 65.1 Å². The smallest absolute Gasteiger partial charge is 0.246 e. The number of nitrogens with zero attached hydrogens (tertiary/aromatic N) is 5. The number of aliphatic hydroxyl groups is 1. The number of aromatic amines is 1. The van der Waals surface area contributed by atoms with E-state index in [9.17, 15) is 38.9 Å². The molecule has 0 radical (unpaired) electrons. The molecule has 14 atom stereocenters. The van der Waals surface area contributed by atoms with Gasteiger partial charge in [-0.25, -0.2) is 13.2 Å². The van der Waals surface area contributed by atoms with Gasteiger partial charge in [-0.05, 0) is 133 Å². The van der Waals surface area contributed by atoms with E-state index in [1.54, 1.807) is 112 Å². The maximum absolute atomic E-state index is 16.0. The summed E-state index contributed by atoms with van der Waals surface area (Å²) in [6.45, 7) is 3.58. The number of amides is 16. The predicted molar refractivity (Wildman–Crippen MR) is 507 cm³/mol. The summed E-state index contributed by atoms with van der Waals surface area (Å²) < 4.78 is 45.2. The maximum Gasteiger partial charge on any atom is 0.246 e. The number of piperidine rings is 1. The Hall–Kier alpha value is -14.0. The number of nitrogens with one attached hydrogen (secondary N) is 10. The number of carbonyl (C=O) groups is 16. The van der Waals surface area contributed by atoms with Gasteiger partial charge in [0.2, 0.25) is 94.5 Å². The number of phenols is 2. The molecule has 3 aliphatic heterocycles. The van der Waals surface area contributed by atoms with Crippen molar-refractivity contribution in [3.05, 3.63) is 203 Å². The van der Waals surface area contributed by atoms with Gasteiger partial charge in [-0.15, -0.1) is 11.8 Å². The number of benzene rings is 6. The van der Waals surface area contributed by atoms with Crippen molar-refractivity contribution < 1.29 is 105 Å². The quantitative estimate of drug-likeness (QED) is 0.0286. The summed E-state index contributed by atoms with van der Waals surface area (Å²) in [7, 11) is 3.71. The van der Waals surface area contributed by atoms with Gasteiger partial charge in [0.1, 0.15) is 90.0 Å². The average molecular weight is 1950 g/mol. The van der Waals surface area contributed by atoms with Crippen LogP contribution in [0.2, 0.25) is 0 Å². The summed E-state index contributed by atoms with van der Waals surface area (Å²) in [6.07, 6.45) is -2.04. The summed E-state index contributed by atoms with van der Waals surface area (Å²) in [5.74, 6) is -23.6. The van der Waals surface area contributed by atoms with E-state index in [1.807, 2.05) is 0 Å². The molecule has 1 aromatic heterocycles. The number of aliphatic hydroxyl groups excluding tert-OH is 1. The molecular weight excluding hydrogens is 1820 g/mol. The second-order valence-electron chi connectivity index (χ2n) is 35.6. The van der Waals surface area contributed by atoms with E-state index in [4.69, 9.17) is 17.2 Å². The molecule has 7 aromatic rings. The molecule has 139 heavy (non-hydrogen) atoms. The number of likely N-dealkylation sites (N-methyl/N-ethyl adjacent to an activating group) is 3. The summed E-state index contributed by atoms with van der Waals surface area (Å²) in [5.41, 5.74) is 19.7. The summed E-state index contributed by atoms with van der Waals surface area (Å²) in [5, 5.41) is 56.9. The van der Waals surface area contributed by atoms with Gasteiger partial charge >= 0.3 is 0 Å². The van der Waals surface area contributed by atoms with Crippen LogP contribution in [0.15, 0.2) is 152 Å². The molecule has 746 valence electrons. The number of aromatic hydroxyl groups is 2. The minimum absolute atomic E-state index is 0.00603. The monoisotopic (exact) mass is 1940 g/mol. The first kappa shape index (κ1) is 107. The minimum atomic E-state index is -1.92. The van der Waals surface area contributed by atoms with Crippen LogP contribution in [0.1, 0.15) is 125 Å². The van der Waals surface area contributed by atoms with E-state index in [1.165, 1.54) is 74.6 Å². The number of unbranched alkanes of at least 4 members (excludes halogenated alkanes) is 2. The van der Waals surface area contributed by atoms with Gasteiger partial charge in [-0.3, -0.25) is 76.7 Å². The molecule has 3 aliphatic rings. The number of nitrogens with two attached hydrogens (primary N) is 3. The normalized spacial score (nSPS) is 23.7. The second-order valence-corrected chi connectivity index (χ2v) is 36.6. The number of thioether (sulfide) groups is 1. The zero-order chi connectivity index (χ0) is 101. The number of primary amides is 2. The molecule has 37 nitrogen and oxygen atoms in total. The van der Waals surface area contributed by atoms with Crippen molar-refractivity contribution in [2.24, 2.45) is 23.1 Å². The van der Waals surface area contributed by atoms with Gasteiger partial charge in [0, 0.05) is 102 Å². The van der Waals surface area contributed by atoms with Crippen LogP contribution in [0.3, 0.4) is 0 Å². The number of H-pyrrole nitrogens is 1. The van der Waals surface area contributed by atoms with Crippen molar-refractivity contribution in [3.8, 4) is 11.5 Å². The van der Waals surface area contributed by atoms with E-state index in [0.29, 0.717) is 81.9 Å². The Morgan fingerprint density at radius 3 is 1.62 bits per heavy atom. The number of fused-ring (bicyclic) bond motifs is 3. The molecule has 16 amide bonds. The Labute approximate surface area is 806 Å². The lowest BCUT2D eigenvalue weighted by Gasteiger charge is -2.38. The Balaban J connectivity index is 1.07. The lowest BCUT2D eigenvalue weighted by molar-refractivity contribution is -0.152. The highest BCUT2D eigenvalue weighted by molar-refractivity contribution is 8.00. The van der Waals surface area contributed by atoms with Crippen LogP contribution in [0.5, 0.6) is 11.5 Å². The van der Waals surface area contributed by atoms with Crippen molar-refractivity contribution >= 4 is 117 Å². The first-order valence-corrected chi connectivity index (χ1v) is 47.4. The average Bonchev–Trinajstić information content (AvgIpc) is 1.58. The summed E-state index contributed by atoms with van der Waals surface area (Å²) in [4.78, 5) is 249. The standard InChI is InChI=1S/C98H123F3N18O19S/c1-7-8-28-77-97(137)119-52-64(122)48-79(119)93(133)111-72(49-81(103)123)90(130)114-85(55(2)3)98(138)116(5)78(45-56-21-11-9-12-22-56)92(132)112-74(43-59-32-36-63(121)37-33-59)95(135)118-39-20-18-29-76(118)91(131)110-71(47-61-50-105-68-26-16-15-25-65(61)68)89(129)109-70(42-58-30-34-62(120)35-31-58)88(128)108-69(27-17-19-38-102)87(127)113-75(86(126)106-51-82(104)124)53-139-54-83(125)107-73(44-60-40-66(99)84(101)67(100)41-60)94(134)117(6)80(96(136)115(77)4)46-57-23-13-10-14-24-57/h9-16,21-26,30-37,40-41,50,55,64,69-80,85,105,120-122H,7-8,17-20,27-29,38-39,42-49,51-54,102H2,1-6H3,(H2,103,123)(H2,104,124)(H,106,126)(H,107,125)(H,108,128)(H,109,129)(H,110,131)(H,111,133)(H,112,132)(H,113,127)(H,114,130)/t64-,69+,70+,71+,72+,73+,74+,75+,76-,77+,78+,79-,80+,85+/m1/s1. The lowest BCUT2D eigenvalue weighted by Crippen LogP contribution is -2.63. The highest BCUT2D eigenvalue weighted by atomic mass is 32.2. The summed E-state index contributed by atoms with van der Waals surface area (Å²) in [6, 6.07) is 14.7. The topological polar surface area (TPSA) is 552 Å². The number of aromatic nitrogens is 1. The maximum atomic E-state index is 16.0.